The van der Waals surface area contributed by atoms with Crippen molar-refractivity contribution in [2.24, 2.45) is 0 Å². The normalized spacial score (nSPS) is 10.3. The number of nitrogens with one attached hydrogen (secondary N) is 1. The number of aromatic nitrogens is 1. The fourth-order valence-electron chi connectivity index (χ4n) is 1.55. The Morgan fingerprint density at radius 1 is 1.37 bits per heavy atom. The van der Waals surface area contributed by atoms with Crippen LogP contribution < -0.4 is 5.32 Å². The minimum absolute atomic E-state index is 0.257. The number of carbonyl (C=O) groups excluding carboxylic acids is 1. The number of hydrogen-bond donors (Lipinski definition) is 1. The van der Waals surface area contributed by atoms with Crippen LogP contribution >= 0.6 is 15.9 Å². The minimum Gasteiger partial charge on any atom is -0.348 e. The molecule has 3 nitrogen and oxygen atoms in total. The predicted octanol–water partition coefficient (Wildman–Crippen LogP) is 3.22. The van der Waals surface area contributed by atoms with E-state index >= 15 is 0 Å². The number of nitrogens with zero attached hydrogens (tertiary/aromatic N) is 1. The molecule has 1 N–H and O–H groups in total. The largest absolute Gasteiger partial charge is 0.348 e. The van der Waals surface area contributed by atoms with Crippen molar-refractivity contribution >= 4 is 21.8 Å². The quantitative estimate of drug-likeness (QED) is 0.942. The van der Waals surface area contributed by atoms with E-state index in [1.54, 1.807) is 6.20 Å². The molecule has 0 spiro atoms. The number of aryl methyl sites for hydroxylation is 1. The molecule has 0 saturated carbocycles. The van der Waals surface area contributed by atoms with Gasteiger partial charge >= 0.3 is 0 Å². The molecular weight excluding hydrogens is 311 g/mol. The van der Waals surface area contributed by atoms with Crippen molar-refractivity contribution in [2.45, 2.75) is 13.5 Å². The summed E-state index contributed by atoms with van der Waals surface area (Å²) >= 11 is 3.17. The fourth-order valence-corrected chi connectivity index (χ4v) is 2.09. The Labute approximate surface area is 119 Å². The molecule has 0 aliphatic heterocycles. The van der Waals surface area contributed by atoms with E-state index in [1.165, 1.54) is 18.2 Å². The van der Waals surface area contributed by atoms with E-state index in [2.05, 4.69) is 26.2 Å². The van der Waals surface area contributed by atoms with Gasteiger partial charge in [-0.3, -0.25) is 9.78 Å². The first kappa shape index (κ1) is 13.7. The molecule has 0 radical (unpaired) electrons. The van der Waals surface area contributed by atoms with Gasteiger partial charge in [-0.25, -0.2) is 4.39 Å². The lowest BCUT2D eigenvalue weighted by Crippen LogP contribution is -2.23. The van der Waals surface area contributed by atoms with E-state index in [-0.39, 0.29) is 11.7 Å². The van der Waals surface area contributed by atoms with E-state index in [0.29, 0.717) is 16.6 Å². The van der Waals surface area contributed by atoms with Gasteiger partial charge in [-0.15, -0.1) is 0 Å². The topological polar surface area (TPSA) is 42.0 Å². The lowest BCUT2D eigenvalue weighted by atomic mass is 10.2. The summed E-state index contributed by atoms with van der Waals surface area (Å²) in [4.78, 5) is 16.1. The summed E-state index contributed by atoms with van der Waals surface area (Å²) in [5, 5.41) is 2.76. The molecule has 0 saturated heterocycles. The molecule has 0 aliphatic carbocycles. The molecule has 0 fully saturated rings. The van der Waals surface area contributed by atoms with Gasteiger partial charge in [-0.2, -0.15) is 0 Å². The summed E-state index contributed by atoms with van der Waals surface area (Å²) in [6.07, 6.45) is 1.72. The maximum atomic E-state index is 12.9. The van der Waals surface area contributed by atoms with Crippen LogP contribution in [0.1, 0.15) is 21.6 Å². The van der Waals surface area contributed by atoms with Crippen molar-refractivity contribution in [3.63, 3.8) is 0 Å². The second-order valence-corrected chi connectivity index (χ2v) is 4.97. The van der Waals surface area contributed by atoms with E-state index in [0.717, 1.165) is 11.3 Å². The molecule has 1 heterocycles. The summed E-state index contributed by atoms with van der Waals surface area (Å²) in [6, 6.07) is 7.76. The van der Waals surface area contributed by atoms with Crippen LogP contribution in [0.3, 0.4) is 0 Å². The number of benzene rings is 1. The van der Waals surface area contributed by atoms with Gasteiger partial charge in [0.05, 0.1) is 5.56 Å². The monoisotopic (exact) mass is 322 g/mol. The van der Waals surface area contributed by atoms with Crippen LogP contribution in [0, 0.1) is 12.7 Å². The molecule has 0 unspecified atom stereocenters. The molecule has 98 valence electrons. The van der Waals surface area contributed by atoms with Crippen LogP contribution in [0.5, 0.6) is 0 Å². The molecule has 19 heavy (non-hydrogen) atoms. The molecule has 1 aromatic carbocycles. The van der Waals surface area contributed by atoms with Crippen LogP contribution in [-0.4, -0.2) is 10.9 Å². The van der Waals surface area contributed by atoms with Gasteiger partial charge in [0.15, 0.2) is 0 Å². The highest BCUT2D eigenvalue weighted by molar-refractivity contribution is 9.10. The molecule has 0 aliphatic rings. The standard InChI is InChI=1S/C14H12BrFN2O/c1-9-2-3-10(7-17-9)8-18-14(19)12-5-4-11(16)6-13(12)15/h2-7H,8H2,1H3,(H,18,19). The third-order valence-corrected chi connectivity index (χ3v) is 3.26. The zero-order valence-electron chi connectivity index (χ0n) is 10.3. The first-order valence-corrected chi connectivity index (χ1v) is 6.50. The average molecular weight is 323 g/mol. The van der Waals surface area contributed by atoms with Crippen molar-refractivity contribution in [2.75, 3.05) is 0 Å². The van der Waals surface area contributed by atoms with Crippen LogP contribution in [0.4, 0.5) is 4.39 Å². The predicted molar refractivity (Wildman–Crippen MR) is 74.2 cm³/mol. The zero-order chi connectivity index (χ0) is 13.8. The Morgan fingerprint density at radius 2 is 2.16 bits per heavy atom. The molecule has 2 aromatic rings. The van der Waals surface area contributed by atoms with Crippen molar-refractivity contribution in [1.82, 2.24) is 10.3 Å². The van der Waals surface area contributed by atoms with Crippen molar-refractivity contribution in [1.29, 1.82) is 0 Å². The van der Waals surface area contributed by atoms with E-state index in [1.807, 2.05) is 19.1 Å². The molecule has 0 bridgehead atoms. The minimum atomic E-state index is -0.383. The number of rotatable bonds is 3. The van der Waals surface area contributed by atoms with Gasteiger partial charge in [0, 0.05) is 22.9 Å². The number of carbonyl (C=O) groups is 1. The Morgan fingerprint density at radius 3 is 2.79 bits per heavy atom. The molecular formula is C14H12BrFN2O. The van der Waals surface area contributed by atoms with Crippen LogP contribution in [-0.2, 0) is 6.54 Å². The number of halogens is 2. The van der Waals surface area contributed by atoms with Crippen molar-refractivity contribution in [3.05, 3.63) is 63.6 Å². The zero-order valence-corrected chi connectivity index (χ0v) is 11.9. The lowest BCUT2D eigenvalue weighted by molar-refractivity contribution is 0.0950. The van der Waals surface area contributed by atoms with Crippen molar-refractivity contribution in [3.8, 4) is 0 Å². The SMILES string of the molecule is Cc1ccc(CNC(=O)c2ccc(F)cc2Br)cn1. The third-order valence-electron chi connectivity index (χ3n) is 2.60. The Kier molecular flexibility index (Phi) is 4.27. The summed E-state index contributed by atoms with van der Waals surface area (Å²) in [6.45, 7) is 2.29. The van der Waals surface area contributed by atoms with E-state index in [4.69, 9.17) is 0 Å². The van der Waals surface area contributed by atoms with Crippen LogP contribution in [0.2, 0.25) is 0 Å². The van der Waals surface area contributed by atoms with Gasteiger partial charge in [0.25, 0.3) is 5.91 Å². The van der Waals surface area contributed by atoms with E-state index < -0.39 is 0 Å². The van der Waals surface area contributed by atoms with Crippen LogP contribution in [0.25, 0.3) is 0 Å². The highest BCUT2D eigenvalue weighted by atomic mass is 79.9. The number of pyridine rings is 1. The highest BCUT2D eigenvalue weighted by Crippen LogP contribution is 2.17. The van der Waals surface area contributed by atoms with Crippen LogP contribution in [0.15, 0.2) is 41.0 Å². The Bertz CT molecular complexity index is 599. The summed E-state index contributed by atoms with van der Waals surface area (Å²) in [5.41, 5.74) is 2.25. The average Bonchev–Trinajstić information content (AvgIpc) is 2.37. The first-order chi connectivity index (χ1) is 9.06. The molecule has 1 amide bonds. The maximum absolute atomic E-state index is 12.9. The van der Waals surface area contributed by atoms with Gasteiger partial charge < -0.3 is 5.32 Å². The van der Waals surface area contributed by atoms with Gasteiger partial charge in [-0.1, -0.05) is 6.07 Å². The third kappa shape index (κ3) is 3.61. The second kappa shape index (κ2) is 5.93. The molecule has 2 rings (SSSR count). The molecule has 5 heteroatoms. The Hall–Kier alpha value is -1.75. The fraction of sp³-hybridized carbons (Fsp3) is 0.143. The van der Waals surface area contributed by atoms with Gasteiger partial charge in [0.2, 0.25) is 0 Å². The molecule has 0 atom stereocenters. The maximum Gasteiger partial charge on any atom is 0.252 e. The summed E-state index contributed by atoms with van der Waals surface area (Å²) < 4.78 is 13.4. The summed E-state index contributed by atoms with van der Waals surface area (Å²) in [5.74, 6) is -0.640. The summed E-state index contributed by atoms with van der Waals surface area (Å²) in [7, 11) is 0. The smallest absolute Gasteiger partial charge is 0.252 e. The number of hydrogen-bond acceptors (Lipinski definition) is 2. The van der Waals surface area contributed by atoms with E-state index in [9.17, 15) is 9.18 Å². The van der Waals surface area contributed by atoms with Crippen molar-refractivity contribution < 1.29 is 9.18 Å². The molecule has 1 aromatic heterocycles. The second-order valence-electron chi connectivity index (χ2n) is 4.11. The van der Waals surface area contributed by atoms with Gasteiger partial charge in [0.1, 0.15) is 5.82 Å². The Balaban J connectivity index is 2.03. The highest BCUT2D eigenvalue weighted by Gasteiger charge is 2.10. The number of amides is 1. The van der Waals surface area contributed by atoms with Gasteiger partial charge in [-0.05, 0) is 52.7 Å². The lowest BCUT2D eigenvalue weighted by Gasteiger charge is -2.07. The first-order valence-electron chi connectivity index (χ1n) is 5.71.